The molecule has 0 aromatic heterocycles. The number of hydrogen-bond donors (Lipinski definition) is 3. The molecule has 0 radical (unpaired) electrons. The fourth-order valence-electron chi connectivity index (χ4n) is 2.78. The summed E-state index contributed by atoms with van der Waals surface area (Å²) in [6.07, 6.45) is 2.08. The maximum atomic E-state index is 12.0. The highest BCUT2D eigenvalue weighted by atomic mass is 32.2. The van der Waals surface area contributed by atoms with E-state index in [1.165, 1.54) is 0 Å². The van der Waals surface area contributed by atoms with Crippen LogP contribution in [0.25, 0.3) is 0 Å². The molecular formula is C16H30O7S. The first-order chi connectivity index (χ1) is 10.9. The van der Waals surface area contributed by atoms with Crippen LogP contribution in [0.5, 0.6) is 0 Å². The Morgan fingerprint density at radius 3 is 1.54 bits per heavy atom. The van der Waals surface area contributed by atoms with E-state index in [2.05, 4.69) is 0 Å². The zero-order valence-electron chi connectivity index (χ0n) is 14.9. The average molecular weight is 366 g/mol. The second-order valence-electron chi connectivity index (χ2n) is 6.80. The first-order valence-corrected chi connectivity index (χ1v) is 9.85. The third kappa shape index (κ3) is 6.05. The lowest BCUT2D eigenvalue weighted by atomic mass is 9.73. The lowest BCUT2D eigenvalue weighted by Crippen LogP contribution is -2.51. The highest BCUT2D eigenvalue weighted by molar-refractivity contribution is 7.87. The van der Waals surface area contributed by atoms with E-state index >= 15 is 0 Å². The Bertz CT molecular complexity index is 513. The predicted octanol–water partition coefficient (Wildman–Crippen LogP) is 3.05. The smallest absolute Gasteiger partial charge is 0.325 e. The van der Waals surface area contributed by atoms with Crippen LogP contribution in [0.2, 0.25) is 0 Å². The molecule has 0 saturated heterocycles. The summed E-state index contributed by atoms with van der Waals surface area (Å²) in [5, 5.41) is 16.7. The van der Waals surface area contributed by atoms with Crippen LogP contribution < -0.4 is 0 Å². The van der Waals surface area contributed by atoms with Gasteiger partial charge in [-0.3, -0.25) is 14.1 Å². The monoisotopic (exact) mass is 366 g/mol. The van der Waals surface area contributed by atoms with Gasteiger partial charge in [-0.2, -0.15) is 8.42 Å². The van der Waals surface area contributed by atoms with Crippen molar-refractivity contribution in [3.63, 3.8) is 0 Å². The minimum Gasteiger partial charge on any atom is -0.481 e. The molecule has 0 rings (SSSR count). The molecule has 0 aromatic carbocycles. The summed E-state index contributed by atoms with van der Waals surface area (Å²) in [4.78, 5) is 23.5. The van der Waals surface area contributed by atoms with Gasteiger partial charge in [0, 0.05) is 0 Å². The van der Waals surface area contributed by atoms with Crippen molar-refractivity contribution in [1.82, 2.24) is 0 Å². The molecule has 0 fully saturated rings. The van der Waals surface area contributed by atoms with Crippen molar-refractivity contribution in [3.8, 4) is 0 Å². The van der Waals surface area contributed by atoms with E-state index in [1.54, 1.807) is 0 Å². The molecule has 3 atom stereocenters. The highest BCUT2D eigenvalue weighted by Crippen LogP contribution is 2.40. The van der Waals surface area contributed by atoms with Crippen LogP contribution in [0.1, 0.15) is 66.2 Å². The van der Waals surface area contributed by atoms with Gasteiger partial charge in [0.25, 0.3) is 10.1 Å². The number of carboxylic acids is 2. The highest BCUT2D eigenvalue weighted by Gasteiger charge is 2.55. The zero-order chi connectivity index (χ0) is 19.1. The molecule has 8 heteroatoms. The molecule has 7 nitrogen and oxygen atoms in total. The minimum absolute atomic E-state index is 0.107. The molecule has 0 saturated carbocycles. The number of carboxylic acid groups (broad SMARTS) is 2. The summed E-state index contributed by atoms with van der Waals surface area (Å²) in [5.41, 5.74) is -2.04. The van der Waals surface area contributed by atoms with Crippen molar-refractivity contribution in [3.05, 3.63) is 0 Å². The molecule has 0 bridgehead atoms. The van der Waals surface area contributed by atoms with Gasteiger partial charge in [0.2, 0.25) is 0 Å². The van der Waals surface area contributed by atoms with E-state index in [-0.39, 0.29) is 24.7 Å². The van der Waals surface area contributed by atoms with E-state index in [0.717, 1.165) is 12.8 Å². The third-order valence-electron chi connectivity index (χ3n) is 5.01. The normalized spacial score (nSPS) is 18.4. The van der Waals surface area contributed by atoms with Crippen molar-refractivity contribution >= 4 is 22.1 Å². The van der Waals surface area contributed by atoms with Gasteiger partial charge in [-0.15, -0.1) is 0 Å². The Kier molecular flexibility index (Phi) is 8.91. The molecule has 24 heavy (non-hydrogen) atoms. The molecule has 0 spiro atoms. The van der Waals surface area contributed by atoms with Gasteiger partial charge in [0.15, 0.2) is 5.25 Å². The first kappa shape index (κ1) is 22.9. The standard InChI is InChI=1S/C16H30O7S/c1-5-11(3)7-9-16(15(19)20,10-8-12(4)6-2)13(14(17)18)24(21,22)23/h11-13H,5-10H2,1-4H3,(H,17,18)(H,19,20)(H,21,22,23). The van der Waals surface area contributed by atoms with Crippen LogP contribution >= 0.6 is 0 Å². The summed E-state index contributed by atoms with van der Waals surface area (Å²) in [7, 11) is -5.06. The molecule has 0 aromatic rings. The van der Waals surface area contributed by atoms with Crippen molar-refractivity contribution in [1.29, 1.82) is 0 Å². The van der Waals surface area contributed by atoms with E-state index in [0.29, 0.717) is 12.8 Å². The van der Waals surface area contributed by atoms with Crippen LogP contribution in [0, 0.1) is 17.3 Å². The third-order valence-corrected chi connectivity index (χ3v) is 6.26. The molecule has 0 aliphatic rings. The Morgan fingerprint density at radius 2 is 1.33 bits per heavy atom. The van der Waals surface area contributed by atoms with Crippen LogP contribution in [0.4, 0.5) is 0 Å². The number of aliphatic carboxylic acids is 2. The van der Waals surface area contributed by atoms with Gasteiger partial charge in [-0.05, 0) is 37.5 Å². The van der Waals surface area contributed by atoms with Gasteiger partial charge in [-0.25, -0.2) is 0 Å². The largest absolute Gasteiger partial charge is 0.481 e. The molecule has 0 amide bonds. The first-order valence-electron chi connectivity index (χ1n) is 8.34. The molecule has 0 aliphatic carbocycles. The van der Waals surface area contributed by atoms with E-state index < -0.39 is 32.7 Å². The van der Waals surface area contributed by atoms with E-state index in [9.17, 15) is 32.8 Å². The Labute approximate surface area is 144 Å². The SMILES string of the molecule is CCC(C)CCC(CCC(C)CC)(C(=O)O)C(C(=O)O)S(=O)(=O)O. The lowest BCUT2D eigenvalue weighted by Gasteiger charge is -2.34. The van der Waals surface area contributed by atoms with Gasteiger partial charge in [0.1, 0.15) is 0 Å². The van der Waals surface area contributed by atoms with E-state index in [4.69, 9.17) is 0 Å². The lowest BCUT2D eigenvalue weighted by molar-refractivity contribution is -0.156. The molecule has 3 N–H and O–H groups in total. The Balaban J connectivity index is 5.96. The molecule has 3 unspecified atom stereocenters. The van der Waals surface area contributed by atoms with Crippen LogP contribution in [0.3, 0.4) is 0 Å². The minimum atomic E-state index is -5.06. The summed E-state index contributed by atoms with van der Waals surface area (Å²) >= 11 is 0. The maximum Gasteiger partial charge on any atom is 0.325 e. The van der Waals surface area contributed by atoms with Crippen LogP contribution in [0.15, 0.2) is 0 Å². The molecule has 142 valence electrons. The number of rotatable bonds is 12. The van der Waals surface area contributed by atoms with Crippen molar-refractivity contribution < 1.29 is 32.8 Å². The van der Waals surface area contributed by atoms with Crippen LogP contribution in [-0.2, 0) is 19.7 Å². The van der Waals surface area contributed by atoms with E-state index in [1.807, 2.05) is 27.7 Å². The maximum absolute atomic E-state index is 12.0. The van der Waals surface area contributed by atoms with Crippen molar-refractivity contribution in [2.45, 2.75) is 71.5 Å². The fraction of sp³-hybridized carbons (Fsp3) is 0.875. The van der Waals surface area contributed by atoms with Crippen molar-refractivity contribution in [2.75, 3.05) is 0 Å². The molecule has 0 heterocycles. The molecular weight excluding hydrogens is 336 g/mol. The Morgan fingerprint density at radius 1 is 0.958 bits per heavy atom. The topological polar surface area (TPSA) is 129 Å². The van der Waals surface area contributed by atoms with Gasteiger partial charge >= 0.3 is 11.9 Å². The summed E-state index contributed by atoms with van der Waals surface area (Å²) in [5.74, 6) is -3.06. The van der Waals surface area contributed by atoms with Gasteiger partial charge in [0.05, 0.1) is 5.41 Å². The summed E-state index contributed by atoms with van der Waals surface area (Å²) < 4.78 is 32.7. The second kappa shape index (κ2) is 9.36. The zero-order valence-corrected chi connectivity index (χ0v) is 15.7. The van der Waals surface area contributed by atoms with Crippen molar-refractivity contribution in [2.24, 2.45) is 17.3 Å². The fourth-order valence-corrected chi connectivity index (χ4v) is 3.94. The summed E-state index contributed by atoms with van der Waals surface area (Å²) in [6.45, 7) is 7.63. The van der Waals surface area contributed by atoms with Gasteiger partial charge in [-0.1, -0.05) is 40.5 Å². The average Bonchev–Trinajstić information content (AvgIpc) is 2.46. The quantitative estimate of drug-likeness (QED) is 0.453. The Hall–Kier alpha value is -1.15. The summed E-state index contributed by atoms with van der Waals surface area (Å²) in [6, 6.07) is 0. The number of hydrogen-bond acceptors (Lipinski definition) is 4. The van der Waals surface area contributed by atoms with Gasteiger partial charge < -0.3 is 10.2 Å². The number of carbonyl (C=O) groups is 2. The predicted molar refractivity (Wildman–Crippen MR) is 90.4 cm³/mol. The second-order valence-corrected chi connectivity index (χ2v) is 8.30. The van der Waals surface area contributed by atoms with Crippen LogP contribution in [-0.4, -0.2) is 40.4 Å². The molecule has 0 aliphatic heterocycles.